The Hall–Kier alpha value is -2.89. The molecule has 0 spiro atoms. The molecule has 0 atom stereocenters. The van der Waals surface area contributed by atoms with Gasteiger partial charge in [0.15, 0.2) is 11.5 Å². The third-order valence-corrected chi connectivity index (χ3v) is 3.14. The van der Waals surface area contributed by atoms with Crippen LogP contribution in [0.25, 0.3) is 0 Å². The third-order valence-electron chi connectivity index (χ3n) is 3.14. The first-order valence-corrected chi connectivity index (χ1v) is 7.54. The van der Waals surface area contributed by atoms with E-state index in [9.17, 15) is 4.79 Å². The molecule has 0 aromatic heterocycles. The van der Waals surface area contributed by atoms with E-state index in [-0.39, 0.29) is 5.56 Å². The first kappa shape index (κ1) is 17.5. The van der Waals surface area contributed by atoms with Crippen molar-refractivity contribution in [2.45, 2.75) is 6.92 Å². The van der Waals surface area contributed by atoms with Crippen LogP contribution in [0.2, 0.25) is 0 Å². The molecule has 0 aliphatic carbocycles. The lowest BCUT2D eigenvalue weighted by Crippen LogP contribution is -2.10. The van der Waals surface area contributed by atoms with Gasteiger partial charge < -0.3 is 24.1 Å². The number of benzene rings is 2. The van der Waals surface area contributed by atoms with Crippen LogP contribution in [-0.2, 0) is 0 Å². The zero-order valence-electron chi connectivity index (χ0n) is 13.7. The molecular formula is C18H20O6. The SMILES string of the molecule is CCOc1cc(C(=O)O)ccc1OCCOc1cccc(OC)c1. The molecule has 0 heterocycles. The summed E-state index contributed by atoms with van der Waals surface area (Å²) in [7, 11) is 1.60. The Morgan fingerprint density at radius 1 is 0.958 bits per heavy atom. The molecule has 0 saturated carbocycles. The number of carboxylic acid groups (broad SMARTS) is 1. The van der Waals surface area contributed by atoms with Gasteiger partial charge in [-0.25, -0.2) is 4.79 Å². The minimum Gasteiger partial charge on any atom is -0.497 e. The molecule has 2 aromatic carbocycles. The van der Waals surface area contributed by atoms with Crippen molar-refractivity contribution in [3.8, 4) is 23.0 Å². The number of rotatable bonds is 9. The molecule has 0 aliphatic rings. The molecule has 0 unspecified atom stereocenters. The number of methoxy groups -OCH3 is 1. The van der Waals surface area contributed by atoms with Crippen LogP contribution in [0.15, 0.2) is 42.5 Å². The fourth-order valence-corrected chi connectivity index (χ4v) is 2.03. The van der Waals surface area contributed by atoms with Gasteiger partial charge in [-0.3, -0.25) is 0 Å². The van der Waals surface area contributed by atoms with Crippen LogP contribution < -0.4 is 18.9 Å². The monoisotopic (exact) mass is 332 g/mol. The van der Waals surface area contributed by atoms with Gasteiger partial charge in [0.1, 0.15) is 24.7 Å². The highest BCUT2D eigenvalue weighted by atomic mass is 16.5. The van der Waals surface area contributed by atoms with Crippen molar-refractivity contribution in [2.24, 2.45) is 0 Å². The summed E-state index contributed by atoms with van der Waals surface area (Å²) in [5.74, 6) is 1.28. The van der Waals surface area contributed by atoms with Gasteiger partial charge in [0.2, 0.25) is 0 Å². The number of carboxylic acids is 1. The van der Waals surface area contributed by atoms with Gasteiger partial charge in [0.25, 0.3) is 0 Å². The molecule has 0 saturated heterocycles. The predicted octanol–water partition coefficient (Wildman–Crippen LogP) is 3.25. The lowest BCUT2D eigenvalue weighted by molar-refractivity contribution is 0.0696. The molecule has 2 aromatic rings. The maximum absolute atomic E-state index is 11.0. The van der Waals surface area contributed by atoms with Gasteiger partial charge in [-0.05, 0) is 37.3 Å². The average Bonchev–Trinajstić information content (AvgIpc) is 2.60. The van der Waals surface area contributed by atoms with Gasteiger partial charge in [0, 0.05) is 6.07 Å². The summed E-state index contributed by atoms with van der Waals surface area (Å²) >= 11 is 0. The van der Waals surface area contributed by atoms with Crippen molar-refractivity contribution >= 4 is 5.97 Å². The maximum atomic E-state index is 11.0. The van der Waals surface area contributed by atoms with Crippen LogP contribution in [0.5, 0.6) is 23.0 Å². The second-order valence-electron chi connectivity index (χ2n) is 4.78. The lowest BCUT2D eigenvalue weighted by atomic mass is 10.2. The minimum atomic E-state index is -1.01. The van der Waals surface area contributed by atoms with Gasteiger partial charge >= 0.3 is 5.97 Å². The average molecular weight is 332 g/mol. The lowest BCUT2D eigenvalue weighted by Gasteiger charge is -2.13. The molecule has 1 N–H and O–H groups in total. The molecule has 24 heavy (non-hydrogen) atoms. The van der Waals surface area contributed by atoms with Gasteiger partial charge in [-0.2, -0.15) is 0 Å². The van der Waals surface area contributed by atoms with Crippen LogP contribution in [-0.4, -0.2) is 38.0 Å². The highest BCUT2D eigenvalue weighted by Crippen LogP contribution is 2.28. The van der Waals surface area contributed by atoms with Gasteiger partial charge in [-0.1, -0.05) is 6.07 Å². The largest absolute Gasteiger partial charge is 0.497 e. The summed E-state index contributed by atoms with van der Waals surface area (Å²) in [5, 5.41) is 9.02. The van der Waals surface area contributed by atoms with E-state index in [1.807, 2.05) is 25.1 Å². The number of hydrogen-bond acceptors (Lipinski definition) is 5. The van der Waals surface area contributed by atoms with E-state index in [1.165, 1.54) is 12.1 Å². The fourth-order valence-electron chi connectivity index (χ4n) is 2.03. The minimum absolute atomic E-state index is 0.151. The summed E-state index contributed by atoms with van der Waals surface area (Å²) in [5.41, 5.74) is 0.151. The molecule has 0 aliphatic heterocycles. The predicted molar refractivity (Wildman–Crippen MR) is 88.6 cm³/mol. The molecule has 0 bridgehead atoms. The van der Waals surface area contributed by atoms with Crippen LogP contribution in [0.3, 0.4) is 0 Å². The van der Waals surface area contributed by atoms with Gasteiger partial charge in [-0.15, -0.1) is 0 Å². The Kier molecular flexibility index (Phi) is 6.31. The Morgan fingerprint density at radius 3 is 2.42 bits per heavy atom. The summed E-state index contributed by atoms with van der Waals surface area (Å²) in [4.78, 5) is 11.0. The molecule has 128 valence electrons. The third kappa shape index (κ3) is 4.81. The molecule has 2 rings (SSSR count). The van der Waals surface area contributed by atoms with Crippen molar-refractivity contribution < 1.29 is 28.8 Å². The van der Waals surface area contributed by atoms with Crippen molar-refractivity contribution in [1.29, 1.82) is 0 Å². The standard InChI is InChI=1S/C18H20O6/c1-3-22-17-11-13(18(19)20)7-8-16(17)24-10-9-23-15-6-4-5-14(12-15)21-2/h4-8,11-12H,3,9-10H2,1-2H3,(H,19,20). The number of carbonyl (C=O) groups is 1. The van der Waals surface area contributed by atoms with E-state index >= 15 is 0 Å². The molecule has 6 heteroatoms. The smallest absolute Gasteiger partial charge is 0.335 e. The zero-order chi connectivity index (χ0) is 17.4. The van der Waals surface area contributed by atoms with Gasteiger partial charge in [0.05, 0.1) is 19.3 Å². The topological polar surface area (TPSA) is 74.2 Å². The van der Waals surface area contributed by atoms with Crippen LogP contribution in [0.4, 0.5) is 0 Å². The normalized spacial score (nSPS) is 10.1. The van der Waals surface area contributed by atoms with E-state index in [4.69, 9.17) is 24.1 Å². The first-order chi connectivity index (χ1) is 11.6. The van der Waals surface area contributed by atoms with E-state index in [0.717, 1.165) is 5.75 Å². The van der Waals surface area contributed by atoms with Crippen LogP contribution in [0.1, 0.15) is 17.3 Å². The van der Waals surface area contributed by atoms with Crippen molar-refractivity contribution in [2.75, 3.05) is 26.9 Å². The van der Waals surface area contributed by atoms with Crippen molar-refractivity contribution in [1.82, 2.24) is 0 Å². The number of hydrogen-bond donors (Lipinski definition) is 1. The maximum Gasteiger partial charge on any atom is 0.335 e. The first-order valence-electron chi connectivity index (χ1n) is 7.54. The zero-order valence-corrected chi connectivity index (χ0v) is 13.7. The Balaban J connectivity index is 1.92. The highest BCUT2D eigenvalue weighted by Gasteiger charge is 2.10. The molecule has 6 nitrogen and oxygen atoms in total. The summed E-state index contributed by atoms with van der Waals surface area (Å²) in [6, 6.07) is 11.8. The Morgan fingerprint density at radius 2 is 1.71 bits per heavy atom. The van der Waals surface area contributed by atoms with E-state index in [1.54, 1.807) is 19.2 Å². The van der Waals surface area contributed by atoms with Crippen molar-refractivity contribution in [3.63, 3.8) is 0 Å². The van der Waals surface area contributed by atoms with Crippen LogP contribution >= 0.6 is 0 Å². The quantitative estimate of drug-likeness (QED) is 0.711. The molecular weight excluding hydrogens is 312 g/mol. The second kappa shape index (κ2) is 8.67. The Labute approximate surface area is 140 Å². The fraction of sp³-hybridized carbons (Fsp3) is 0.278. The Bertz CT molecular complexity index is 683. The second-order valence-corrected chi connectivity index (χ2v) is 4.78. The number of ether oxygens (including phenoxy) is 4. The van der Waals surface area contributed by atoms with Crippen molar-refractivity contribution in [3.05, 3.63) is 48.0 Å². The molecule has 0 amide bonds. The van der Waals surface area contributed by atoms with E-state index in [0.29, 0.717) is 37.1 Å². The molecule has 0 radical (unpaired) electrons. The van der Waals surface area contributed by atoms with Crippen LogP contribution in [0, 0.1) is 0 Å². The van der Waals surface area contributed by atoms with E-state index in [2.05, 4.69) is 0 Å². The summed E-state index contributed by atoms with van der Waals surface area (Å²) < 4.78 is 21.8. The number of aromatic carboxylic acids is 1. The van der Waals surface area contributed by atoms with E-state index < -0.39 is 5.97 Å². The summed E-state index contributed by atoms with van der Waals surface area (Å²) in [6.07, 6.45) is 0. The highest BCUT2D eigenvalue weighted by molar-refractivity contribution is 5.88. The molecule has 0 fully saturated rings. The summed E-state index contributed by atoms with van der Waals surface area (Å²) in [6.45, 7) is 2.87.